The molecule has 2 aromatic rings. The average molecular weight is 383 g/mol. The molecule has 0 saturated carbocycles. The summed E-state index contributed by atoms with van der Waals surface area (Å²) in [6, 6.07) is 4.18. The van der Waals surface area contributed by atoms with Gasteiger partial charge in [0.05, 0.1) is 6.54 Å². The molecule has 0 spiro atoms. The maximum absolute atomic E-state index is 12.4. The molecule has 0 aromatic carbocycles. The van der Waals surface area contributed by atoms with Gasteiger partial charge in [-0.1, -0.05) is 13.8 Å². The molecular weight excluding hydrogens is 352 g/mol. The Labute approximate surface area is 166 Å². The van der Waals surface area contributed by atoms with Gasteiger partial charge in [0, 0.05) is 50.9 Å². The molecule has 0 bridgehead atoms. The quantitative estimate of drug-likeness (QED) is 0.795. The monoisotopic (exact) mass is 382 g/mol. The lowest BCUT2D eigenvalue weighted by atomic mass is 9.96. The van der Waals surface area contributed by atoms with E-state index in [9.17, 15) is 4.79 Å². The van der Waals surface area contributed by atoms with Crippen LogP contribution in [0, 0.1) is 5.92 Å². The average Bonchev–Trinajstić information content (AvgIpc) is 3.12. The van der Waals surface area contributed by atoms with Crippen molar-refractivity contribution in [2.75, 3.05) is 19.6 Å². The van der Waals surface area contributed by atoms with Crippen LogP contribution in [0.1, 0.15) is 56.2 Å². The van der Waals surface area contributed by atoms with E-state index >= 15 is 0 Å². The molecule has 2 aromatic heterocycles. The molecule has 2 aliphatic rings. The van der Waals surface area contributed by atoms with Gasteiger partial charge in [-0.3, -0.25) is 14.7 Å². The zero-order valence-corrected chi connectivity index (χ0v) is 16.9. The van der Waals surface area contributed by atoms with Crippen molar-refractivity contribution in [2.45, 2.75) is 58.7 Å². The summed E-state index contributed by atoms with van der Waals surface area (Å²) in [5.41, 5.74) is 1.30. The highest BCUT2D eigenvalue weighted by molar-refractivity contribution is 5.76. The van der Waals surface area contributed by atoms with Gasteiger partial charge in [0.15, 0.2) is 5.82 Å². The van der Waals surface area contributed by atoms with Crippen LogP contribution in [0.25, 0.3) is 0 Å². The fourth-order valence-corrected chi connectivity index (χ4v) is 4.33. The van der Waals surface area contributed by atoms with Crippen molar-refractivity contribution in [1.82, 2.24) is 29.5 Å². The van der Waals surface area contributed by atoms with Crippen LogP contribution in [-0.4, -0.2) is 55.1 Å². The zero-order chi connectivity index (χ0) is 19.5. The molecule has 0 radical (unpaired) electrons. The van der Waals surface area contributed by atoms with Crippen molar-refractivity contribution in [1.29, 1.82) is 0 Å². The molecule has 1 fully saturated rings. The number of carbonyl (C=O) groups excluding carboxylic acids is 1. The molecule has 7 heteroatoms. The second-order valence-corrected chi connectivity index (χ2v) is 8.47. The first-order valence-corrected chi connectivity index (χ1v) is 10.4. The number of amides is 1. The fraction of sp³-hybridized carbons (Fsp3) is 0.619. The lowest BCUT2D eigenvalue weighted by Gasteiger charge is -2.34. The number of pyridine rings is 1. The summed E-state index contributed by atoms with van der Waals surface area (Å²) in [6.45, 7) is 9.42. The minimum absolute atomic E-state index is 0.229. The van der Waals surface area contributed by atoms with Crippen LogP contribution in [-0.2, 0) is 24.4 Å². The highest BCUT2D eigenvalue weighted by Crippen LogP contribution is 2.28. The molecule has 1 atom stereocenters. The van der Waals surface area contributed by atoms with E-state index in [-0.39, 0.29) is 5.91 Å². The van der Waals surface area contributed by atoms with Crippen molar-refractivity contribution < 1.29 is 4.79 Å². The summed E-state index contributed by atoms with van der Waals surface area (Å²) in [5, 5.41) is 9.00. The summed E-state index contributed by atoms with van der Waals surface area (Å²) in [7, 11) is 0. The SMILES string of the molecule is CC(C)CC(=O)N1CCn2c(nnc2C2CCCN(Cc3ccncc3)C2)C1. The number of piperidine rings is 1. The lowest BCUT2D eigenvalue weighted by molar-refractivity contribution is -0.133. The van der Waals surface area contributed by atoms with Crippen LogP contribution >= 0.6 is 0 Å². The summed E-state index contributed by atoms with van der Waals surface area (Å²) in [6.07, 6.45) is 6.65. The van der Waals surface area contributed by atoms with Crippen molar-refractivity contribution in [3.8, 4) is 0 Å². The lowest BCUT2D eigenvalue weighted by Crippen LogP contribution is -2.40. The van der Waals surface area contributed by atoms with E-state index in [0.29, 0.717) is 24.8 Å². The second-order valence-electron chi connectivity index (χ2n) is 8.47. The van der Waals surface area contributed by atoms with E-state index in [4.69, 9.17) is 0 Å². The smallest absolute Gasteiger partial charge is 0.223 e. The topological polar surface area (TPSA) is 67.2 Å². The van der Waals surface area contributed by atoms with Crippen molar-refractivity contribution in [2.24, 2.45) is 5.92 Å². The van der Waals surface area contributed by atoms with Gasteiger partial charge >= 0.3 is 0 Å². The first kappa shape index (κ1) is 19.1. The Hall–Kier alpha value is -2.28. The highest BCUT2D eigenvalue weighted by atomic mass is 16.2. The Kier molecular flexibility index (Phi) is 5.71. The number of hydrogen-bond acceptors (Lipinski definition) is 5. The van der Waals surface area contributed by atoms with Crippen molar-refractivity contribution in [3.63, 3.8) is 0 Å². The van der Waals surface area contributed by atoms with Crippen LogP contribution < -0.4 is 0 Å². The normalized spacial score (nSPS) is 20.4. The zero-order valence-electron chi connectivity index (χ0n) is 16.9. The maximum Gasteiger partial charge on any atom is 0.223 e. The molecule has 2 aliphatic heterocycles. The van der Waals surface area contributed by atoms with Gasteiger partial charge in [-0.05, 0) is 43.0 Å². The molecule has 1 unspecified atom stereocenters. The number of carbonyl (C=O) groups is 1. The molecule has 150 valence electrons. The molecule has 0 aliphatic carbocycles. The number of nitrogens with zero attached hydrogens (tertiary/aromatic N) is 6. The van der Waals surface area contributed by atoms with Crippen molar-refractivity contribution in [3.05, 3.63) is 41.7 Å². The van der Waals surface area contributed by atoms with Crippen LogP contribution in [0.2, 0.25) is 0 Å². The molecule has 1 amide bonds. The molecule has 4 heterocycles. The predicted octanol–water partition coefficient (Wildman–Crippen LogP) is 2.44. The van der Waals surface area contributed by atoms with Gasteiger partial charge in [0.25, 0.3) is 0 Å². The van der Waals surface area contributed by atoms with E-state index < -0.39 is 0 Å². The predicted molar refractivity (Wildman–Crippen MR) is 106 cm³/mol. The van der Waals surface area contributed by atoms with Gasteiger partial charge in [-0.15, -0.1) is 10.2 Å². The summed E-state index contributed by atoms with van der Waals surface area (Å²) >= 11 is 0. The molecule has 4 rings (SSSR count). The third kappa shape index (κ3) is 4.24. The standard InChI is InChI=1S/C21H30N6O/c1-16(2)12-20(28)26-10-11-27-19(15-26)23-24-21(27)18-4-3-9-25(14-18)13-17-5-7-22-8-6-17/h5-8,16,18H,3-4,9-15H2,1-2H3. The summed E-state index contributed by atoms with van der Waals surface area (Å²) < 4.78 is 2.26. The number of likely N-dealkylation sites (tertiary alicyclic amines) is 1. The Morgan fingerprint density at radius 1 is 1.18 bits per heavy atom. The van der Waals surface area contributed by atoms with Gasteiger partial charge in [0.2, 0.25) is 5.91 Å². The number of aromatic nitrogens is 4. The summed E-state index contributed by atoms with van der Waals surface area (Å²) in [4.78, 5) is 21.0. The summed E-state index contributed by atoms with van der Waals surface area (Å²) in [5.74, 6) is 3.06. The van der Waals surface area contributed by atoms with Crippen LogP contribution in [0.15, 0.2) is 24.5 Å². The second kappa shape index (κ2) is 8.39. The third-order valence-electron chi connectivity index (χ3n) is 5.74. The van der Waals surface area contributed by atoms with E-state index in [2.05, 4.69) is 50.6 Å². The first-order chi connectivity index (χ1) is 13.6. The number of rotatable bonds is 5. The van der Waals surface area contributed by atoms with E-state index in [1.165, 1.54) is 12.0 Å². The Morgan fingerprint density at radius 3 is 2.79 bits per heavy atom. The first-order valence-electron chi connectivity index (χ1n) is 10.4. The minimum Gasteiger partial charge on any atom is -0.333 e. The molecule has 1 saturated heterocycles. The van der Waals surface area contributed by atoms with E-state index in [1.54, 1.807) is 0 Å². The molecule has 28 heavy (non-hydrogen) atoms. The van der Waals surface area contributed by atoms with E-state index in [0.717, 1.165) is 50.8 Å². The number of fused-ring (bicyclic) bond motifs is 1. The molecular formula is C21H30N6O. The third-order valence-corrected chi connectivity index (χ3v) is 5.74. The Morgan fingerprint density at radius 2 is 2.00 bits per heavy atom. The fourth-order valence-electron chi connectivity index (χ4n) is 4.33. The van der Waals surface area contributed by atoms with Gasteiger partial charge in [0.1, 0.15) is 5.82 Å². The van der Waals surface area contributed by atoms with Gasteiger partial charge in [-0.25, -0.2) is 0 Å². The van der Waals surface area contributed by atoms with E-state index in [1.807, 2.05) is 17.3 Å². The van der Waals surface area contributed by atoms with Crippen LogP contribution in [0.3, 0.4) is 0 Å². The van der Waals surface area contributed by atoms with Crippen LogP contribution in [0.5, 0.6) is 0 Å². The largest absolute Gasteiger partial charge is 0.333 e. The minimum atomic E-state index is 0.229. The Bertz CT molecular complexity index is 802. The van der Waals surface area contributed by atoms with Gasteiger partial charge in [-0.2, -0.15) is 0 Å². The van der Waals surface area contributed by atoms with Crippen LogP contribution in [0.4, 0.5) is 0 Å². The molecule has 0 N–H and O–H groups in total. The van der Waals surface area contributed by atoms with Gasteiger partial charge < -0.3 is 9.47 Å². The Balaban J connectivity index is 1.42. The molecule has 7 nitrogen and oxygen atoms in total. The maximum atomic E-state index is 12.4. The highest BCUT2D eigenvalue weighted by Gasteiger charge is 2.30. The van der Waals surface area contributed by atoms with Crippen molar-refractivity contribution >= 4 is 5.91 Å². The number of hydrogen-bond donors (Lipinski definition) is 0.